The monoisotopic (exact) mass is 238 g/mol. The lowest BCUT2D eigenvalue weighted by molar-refractivity contribution is -0.269. The summed E-state index contributed by atoms with van der Waals surface area (Å²) in [5.41, 5.74) is 0. The standard InChI is InChI=1S/C14H22O3/c1-3-16-14(17-4-2)8-11-9-6-5-7-10(9)12(14)13(11)15/h9-12H,3-8H2,1-2H3/t9?,10?,11-,12-/m1/s1. The highest BCUT2D eigenvalue weighted by Crippen LogP contribution is 2.61. The predicted molar refractivity (Wildman–Crippen MR) is 63.4 cm³/mol. The Balaban J connectivity index is 1.91. The van der Waals surface area contributed by atoms with Gasteiger partial charge < -0.3 is 9.47 Å². The lowest BCUT2D eigenvalue weighted by Crippen LogP contribution is -2.47. The summed E-state index contributed by atoms with van der Waals surface area (Å²) in [5.74, 6) is 1.30. The van der Waals surface area contributed by atoms with Crippen molar-refractivity contribution in [1.82, 2.24) is 0 Å². The Hall–Kier alpha value is -0.410. The molecule has 96 valence electrons. The van der Waals surface area contributed by atoms with Crippen LogP contribution in [0, 0.1) is 23.7 Å². The maximum Gasteiger partial charge on any atom is 0.178 e. The molecule has 3 fully saturated rings. The van der Waals surface area contributed by atoms with Crippen LogP contribution in [0.5, 0.6) is 0 Å². The van der Waals surface area contributed by atoms with Gasteiger partial charge in [0.05, 0.1) is 5.92 Å². The fourth-order valence-electron chi connectivity index (χ4n) is 4.64. The number of carbonyl (C=O) groups is 1. The molecule has 0 spiro atoms. The van der Waals surface area contributed by atoms with Crippen LogP contribution in [0.3, 0.4) is 0 Å². The van der Waals surface area contributed by atoms with Gasteiger partial charge in [0.2, 0.25) is 0 Å². The first-order chi connectivity index (χ1) is 8.23. The molecule has 0 amide bonds. The van der Waals surface area contributed by atoms with Crippen molar-refractivity contribution in [3.05, 3.63) is 0 Å². The zero-order chi connectivity index (χ0) is 12.0. The van der Waals surface area contributed by atoms with Crippen molar-refractivity contribution in [2.24, 2.45) is 23.7 Å². The third-order valence-electron chi connectivity index (χ3n) is 5.00. The summed E-state index contributed by atoms with van der Waals surface area (Å²) < 4.78 is 11.8. The Morgan fingerprint density at radius 1 is 1.18 bits per heavy atom. The van der Waals surface area contributed by atoms with Crippen LogP contribution in [0.2, 0.25) is 0 Å². The number of hydrogen-bond donors (Lipinski definition) is 0. The molecule has 0 aromatic rings. The number of ketones is 1. The molecule has 0 aromatic heterocycles. The zero-order valence-electron chi connectivity index (χ0n) is 10.8. The average Bonchev–Trinajstić information content (AvgIpc) is 2.90. The van der Waals surface area contributed by atoms with E-state index in [-0.39, 0.29) is 11.8 Å². The zero-order valence-corrected chi connectivity index (χ0v) is 10.8. The van der Waals surface area contributed by atoms with Crippen LogP contribution in [0.4, 0.5) is 0 Å². The van der Waals surface area contributed by atoms with Crippen LogP contribution in [0.25, 0.3) is 0 Å². The van der Waals surface area contributed by atoms with Crippen LogP contribution in [0.15, 0.2) is 0 Å². The van der Waals surface area contributed by atoms with E-state index in [9.17, 15) is 4.79 Å². The van der Waals surface area contributed by atoms with E-state index in [2.05, 4.69) is 0 Å². The van der Waals surface area contributed by atoms with Crippen molar-refractivity contribution in [2.75, 3.05) is 13.2 Å². The molecule has 4 atom stereocenters. The first kappa shape index (κ1) is 11.7. The van der Waals surface area contributed by atoms with Crippen LogP contribution < -0.4 is 0 Å². The maximum atomic E-state index is 12.4. The molecule has 3 heteroatoms. The van der Waals surface area contributed by atoms with Gasteiger partial charge in [-0.1, -0.05) is 6.42 Å². The fraction of sp³-hybridized carbons (Fsp3) is 0.929. The molecular formula is C14H22O3. The summed E-state index contributed by atoms with van der Waals surface area (Å²) in [4.78, 5) is 12.4. The van der Waals surface area contributed by atoms with Crippen molar-refractivity contribution in [3.63, 3.8) is 0 Å². The van der Waals surface area contributed by atoms with E-state index in [0.717, 1.165) is 6.42 Å². The van der Waals surface area contributed by atoms with Gasteiger partial charge in [0.1, 0.15) is 5.78 Å². The second kappa shape index (κ2) is 4.06. The molecule has 3 nitrogen and oxygen atoms in total. The molecule has 2 unspecified atom stereocenters. The van der Waals surface area contributed by atoms with Gasteiger partial charge in [-0.2, -0.15) is 0 Å². The minimum absolute atomic E-state index is 0.0277. The topological polar surface area (TPSA) is 35.5 Å². The number of ether oxygens (including phenoxy) is 2. The number of fused-ring (bicyclic) bond motifs is 5. The molecule has 0 aliphatic heterocycles. The van der Waals surface area contributed by atoms with Gasteiger partial charge in [0.15, 0.2) is 5.79 Å². The normalized spacial score (nSPS) is 42.1. The van der Waals surface area contributed by atoms with E-state index in [1.807, 2.05) is 13.8 Å². The van der Waals surface area contributed by atoms with E-state index < -0.39 is 5.79 Å². The van der Waals surface area contributed by atoms with E-state index >= 15 is 0 Å². The van der Waals surface area contributed by atoms with Gasteiger partial charge in [-0.3, -0.25) is 4.79 Å². The molecule has 0 aromatic carbocycles. The number of Topliss-reactive ketones (excluding diaryl/α,β-unsaturated/α-hetero) is 1. The van der Waals surface area contributed by atoms with Crippen molar-refractivity contribution in [2.45, 2.75) is 45.3 Å². The molecule has 3 aliphatic rings. The fourth-order valence-corrected chi connectivity index (χ4v) is 4.64. The summed E-state index contributed by atoms with van der Waals surface area (Å²) in [7, 11) is 0. The number of carbonyl (C=O) groups excluding carboxylic acids is 1. The van der Waals surface area contributed by atoms with Gasteiger partial charge in [-0.15, -0.1) is 0 Å². The Bertz CT molecular complexity index is 319. The lowest BCUT2D eigenvalue weighted by Gasteiger charge is -2.40. The third-order valence-corrected chi connectivity index (χ3v) is 5.00. The molecule has 0 N–H and O–H groups in total. The summed E-state index contributed by atoms with van der Waals surface area (Å²) in [6.45, 7) is 5.24. The molecule has 0 saturated heterocycles. The smallest absolute Gasteiger partial charge is 0.178 e. The highest BCUT2D eigenvalue weighted by Gasteiger charge is 2.67. The number of rotatable bonds is 4. The first-order valence-electron chi connectivity index (χ1n) is 7.05. The van der Waals surface area contributed by atoms with Crippen molar-refractivity contribution >= 4 is 5.78 Å². The van der Waals surface area contributed by atoms with Crippen LogP contribution in [-0.2, 0) is 14.3 Å². The lowest BCUT2D eigenvalue weighted by atomic mass is 9.78. The molecule has 3 saturated carbocycles. The average molecular weight is 238 g/mol. The summed E-state index contributed by atoms with van der Waals surface area (Å²) >= 11 is 0. The van der Waals surface area contributed by atoms with Gasteiger partial charge in [0.25, 0.3) is 0 Å². The molecule has 0 radical (unpaired) electrons. The van der Waals surface area contributed by atoms with Crippen molar-refractivity contribution < 1.29 is 14.3 Å². The molecule has 3 aliphatic carbocycles. The highest BCUT2D eigenvalue weighted by molar-refractivity contribution is 5.90. The Kier molecular flexibility index (Phi) is 2.79. The highest BCUT2D eigenvalue weighted by atomic mass is 16.7. The second-order valence-corrected chi connectivity index (χ2v) is 5.63. The molecule has 0 heterocycles. The van der Waals surface area contributed by atoms with Crippen LogP contribution in [-0.4, -0.2) is 24.8 Å². The molecular weight excluding hydrogens is 216 g/mol. The Morgan fingerprint density at radius 3 is 2.47 bits per heavy atom. The van der Waals surface area contributed by atoms with Crippen molar-refractivity contribution in [1.29, 1.82) is 0 Å². The van der Waals surface area contributed by atoms with E-state index in [0.29, 0.717) is 30.8 Å². The number of hydrogen-bond acceptors (Lipinski definition) is 3. The summed E-state index contributed by atoms with van der Waals surface area (Å²) in [6.07, 6.45) is 4.52. The maximum absolute atomic E-state index is 12.4. The third kappa shape index (κ3) is 1.45. The van der Waals surface area contributed by atoms with Gasteiger partial charge in [0, 0.05) is 25.6 Å². The van der Waals surface area contributed by atoms with E-state index in [1.54, 1.807) is 0 Å². The summed E-state index contributed by atoms with van der Waals surface area (Å²) in [6, 6.07) is 0. The summed E-state index contributed by atoms with van der Waals surface area (Å²) in [5, 5.41) is 0. The van der Waals surface area contributed by atoms with Crippen LogP contribution in [0.1, 0.15) is 39.5 Å². The largest absolute Gasteiger partial charge is 0.349 e. The quantitative estimate of drug-likeness (QED) is 0.705. The van der Waals surface area contributed by atoms with Gasteiger partial charge in [-0.25, -0.2) is 0 Å². The predicted octanol–water partition coefficient (Wildman–Crippen LogP) is 2.39. The Morgan fingerprint density at radius 2 is 1.82 bits per heavy atom. The van der Waals surface area contributed by atoms with E-state index in [4.69, 9.17) is 9.47 Å². The van der Waals surface area contributed by atoms with Crippen molar-refractivity contribution in [3.8, 4) is 0 Å². The molecule has 2 bridgehead atoms. The second-order valence-electron chi connectivity index (χ2n) is 5.63. The molecule has 3 rings (SSSR count). The van der Waals surface area contributed by atoms with Crippen LogP contribution >= 0.6 is 0 Å². The minimum atomic E-state index is -0.573. The first-order valence-corrected chi connectivity index (χ1v) is 7.05. The minimum Gasteiger partial charge on any atom is -0.349 e. The van der Waals surface area contributed by atoms with Gasteiger partial charge in [-0.05, 0) is 38.5 Å². The van der Waals surface area contributed by atoms with E-state index in [1.165, 1.54) is 19.3 Å². The Labute approximate surface area is 103 Å². The molecule has 17 heavy (non-hydrogen) atoms. The SMILES string of the molecule is CCOC1(OCC)C[C@H]2C(=O)[C@H]1C1CCCC12. The van der Waals surface area contributed by atoms with Gasteiger partial charge >= 0.3 is 0 Å².